The van der Waals surface area contributed by atoms with Gasteiger partial charge in [0, 0.05) is 12.4 Å². The van der Waals surface area contributed by atoms with Gasteiger partial charge in [0.25, 0.3) is 0 Å². The molecule has 0 bridgehead atoms. The summed E-state index contributed by atoms with van der Waals surface area (Å²) in [4.78, 5) is 0. The van der Waals surface area contributed by atoms with Crippen LogP contribution in [0.5, 0.6) is 0 Å². The van der Waals surface area contributed by atoms with E-state index in [9.17, 15) is 10.0 Å². The van der Waals surface area contributed by atoms with Crippen LogP contribution in [0.2, 0.25) is 5.82 Å². The first-order valence-corrected chi connectivity index (χ1v) is 4.91. The van der Waals surface area contributed by atoms with E-state index in [-0.39, 0.29) is 11.7 Å². The molecule has 74 valence electrons. The lowest BCUT2D eigenvalue weighted by Gasteiger charge is -2.17. The quantitative estimate of drug-likeness (QED) is 0.586. The third-order valence-corrected chi connectivity index (χ3v) is 2.87. The molecule has 1 aliphatic heterocycles. The first-order chi connectivity index (χ1) is 6.79. The van der Waals surface area contributed by atoms with E-state index < -0.39 is 7.12 Å². The van der Waals surface area contributed by atoms with E-state index in [2.05, 4.69) is 5.32 Å². The molecule has 1 saturated heterocycles. The van der Waals surface area contributed by atoms with Gasteiger partial charge in [-0.3, -0.25) is 0 Å². The standard InChI is InChI=1S/C10H14BNO2/c13-11(14)10-7-12-6-9(10)8-4-2-1-3-5-8/h1-5,9-10,12-14H,6-7H2/t9-,10+/m0/s1. The fraction of sp³-hybridized carbons (Fsp3) is 0.400. The van der Waals surface area contributed by atoms with Crippen molar-refractivity contribution in [2.45, 2.75) is 11.7 Å². The Morgan fingerprint density at radius 3 is 2.50 bits per heavy atom. The van der Waals surface area contributed by atoms with Crippen molar-refractivity contribution in [3.8, 4) is 0 Å². The van der Waals surface area contributed by atoms with Gasteiger partial charge in [-0.15, -0.1) is 0 Å². The highest BCUT2D eigenvalue weighted by Gasteiger charge is 2.36. The maximum absolute atomic E-state index is 9.20. The van der Waals surface area contributed by atoms with Gasteiger partial charge in [-0.25, -0.2) is 0 Å². The van der Waals surface area contributed by atoms with E-state index in [0.717, 1.165) is 6.54 Å². The second-order valence-corrected chi connectivity index (χ2v) is 3.75. The fourth-order valence-corrected chi connectivity index (χ4v) is 2.08. The minimum Gasteiger partial charge on any atom is -0.427 e. The topological polar surface area (TPSA) is 52.5 Å². The SMILES string of the molecule is OB(O)[C@@H]1CNC[C@H]1c1ccccc1. The average Bonchev–Trinajstić information content (AvgIpc) is 2.67. The van der Waals surface area contributed by atoms with Crippen LogP contribution in [0.25, 0.3) is 0 Å². The van der Waals surface area contributed by atoms with Crippen molar-refractivity contribution >= 4 is 7.12 Å². The molecule has 3 nitrogen and oxygen atoms in total. The van der Waals surface area contributed by atoms with Crippen molar-refractivity contribution in [3.63, 3.8) is 0 Å². The number of hydrogen-bond donors (Lipinski definition) is 3. The molecule has 1 fully saturated rings. The summed E-state index contributed by atoms with van der Waals surface area (Å²) in [6, 6.07) is 10.00. The summed E-state index contributed by atoms with van der Waals surface area (Å²) in [5, 5.41) is 21.6. The summed E-state index contributed by atoms with van der Waals surface area (Å²) in [7, 11) is -1.23. The van der Waals surface area contributed by atoms with Crippen LogP contribution in [0, 0.1) is 0 Å². The summed E-state index contributed by atoms with van der Waals surface area (Å²) in [6.07, 6.45) is 0. The third kappa shape index (κ3) is 1.82. The first-order valence-electron chi connectivity index (χ1n) is 4.91. The highest BCUT2D eigenvalue weighted by atomic mass is 16.4. The molecule has 0 aliphatic carbocycles. The summed E-state index contributed by atoms with van der Waals surface area (Å²) in [6.45, 7) is 1.50. The van der Waals surface area contributed by atoms with Crippen LogP contribution < -0.4 is 5.32 Å². The molecule has 1 aliphatic rings. The molecule has 1 heterocycles. The first kappa shape index (κ1) is 9.71. The van der Waals surface area contributed by atoms with Gasteiger partial charge in [-0.05, 0) is 18.0 Å². The van der Waals surface area contributed by atoms with Crippen LogP contribution in [-0.2, 0) is 0 Å². The predicted molar refractivity (Wildman–Crippen MR) is 56.0 cm³/mol. The van der Waals surface area contributed by atoms with E-state index in [1.165, 1.54) is 5.56 Å². The molecule has 4 heteroatoms. The Kier molecular flexibility index (Phi) is 2.86. The largest absolute Gasteiger partial charge is 0.456 e. The van der Waals surface area contributed by atoms with Crippen molar-refractivity contribution in [1.29, 1.82) is 0 Å². The molecule has 3 N–H and O–H groups in total. The third-order valence-electron chi connectivity index (χ3n) is 2.87. The van der Waals surface area contributed by atoms with Gasteiger partial charge in [-0.2, -0.15) is 0 Å². The fourth-order valence-electron chi connectivity index (χ4n) is 2.08. The zero-order valence-electron chi connectivity index (χ0n) is 7.93. The highest BCUT2D eigenvalue weighted by Crippen LogP contribution is 2.33. The molecule has 0 radical (unpaired) electrons. The Morgan fingerprint density at radius 2 is 1.86 bits per heavy atom. The Balaban J connectivity index is 2.18. The lowest BCUT2D eigenvalue weighted by Crippen LogP contribution is -2.25. The summed E-state index contributed by atoms with van der Waals surface area (Å²) >= 11 is 0. The summed E-state index contributed by atoms with van der Waals surface area (Å²) < 4.78 is 0. The number of benzene rings is 1. The number of nitrogens with one attached hydrogen (secondary N) is 1. The van der Waals surface area contributed by atoms with Gasteiger partial charge < -0.3 is 15.4 Å². The lowest BCUT2D eigenvalue weighted by molar-refractivity contribution is 0.382. The molecule has 0 unspecified atom stereocenters. The minimum atomic E-state index is -1.23. The van der Waals surface area contributed by atoms with Crippen molar-refractivity contribution in [1.82, 2.24) is 5.32 Å². The predicted octanol–water partition coefficient (Wildman–Crippen LogP) is 0.216. The average molecular weight is 191 g/mol. The summed E-state index contributed by atoms with van der Waals surface area (Å²) in [5.41, 5.74) is 1.18. The maximum atomic E-state index is 9.20. The molecule has 1 aromatic carbocycles. The highest BCUT2D eigenvalue weighted by molar-refractivity contribution is 6.43. The number of hydrogen-bond acceptors (Lipinski definition) is 3. The van der Waals surface area contributed by atoms with Crippen LogP contribution in [0.3, 0.4) is 0 Å². The van der Waals surface area contributed by atoms with E-state index in [1.54, 1.807) is 0 Å². The molecule has 0 aromatic heterocycles. The normalized spacial score (nSPS) is 26.4. The van der Waals surface area contributed by atoms with E-state index >= 15 is 0 Å². The molecular weight excluding hydrogens is 177 g/mol. The van der Waals surface area contributed by atoms with Crippen LogP contribution in [-0.4, -0.2) is 30.3 Å². The molecule has 0 amide bonds. The van der Waals surface area contributed by atoms with Gasteiger partial charge in [0.15, 0.2) is 0 Å². The molecule has 2 atom stereocenters. The van der Waals surface area contributed by atoms with E-state index in [0.29, 0.717) is 6.54 Å². The smallest absolute Gasteiger partial charge is 0.427 e. The van der Waals surface area contributed by atoms with Gasteiger partial charge in [-0.1, -0.05) is 30.3 Å². The molecular formula is C10H14BNO2. The van der Waals surface area contributed by atoms with Crippen molar-refractivity contribution in [2.75, 3.05) is 13.1 Å². The maximum Gasteiger partial charge on any atom is 0.456 e. The van der Waals surface area contributed by atoms with Gasteiger partial charge >= 0.3 is 7.12 Å². The molecule has 2 rings (SSSR count). The molecule has 0 spiro atoms. The monoisotopic (exact) mass is 191 g/mol. The van der Waals surface area contributed by atoms with Crippen LogP contribution >= 0.6 is 0 Å². The van der Waals surface area contributed by atoms with E-state index in [4.69, 9.17) is 0 Å². The van der Waals surface area contributed by atoms with Crippen LogP contribution in [0.15, 0.2) is 30.3 Å². The van der Waals surface area contributed by atoms with Crippen LogP contribution in [0.1, 0.15) is 11.5 Å². The Bertz CT molecular complexity index is 291. The zero-order chi connectivity index (χ0) is 9.97. The van der Waals surface area contributed by atoms with Gasteiger partial charge in [0.1, 0.15) is 0 Å². The van der Waals surface area contributed by atoms with Crippen molar-refractivity contribution in [2.24, 2.45) is 0 Å². The molecule has 14 heavy (non-hydrogen) atoms. The van der Waals surface area contributed by atoms with E-state index in [1.807, 2.05) is 30.3 Å². The number of rotatable bonds is 2. The molecule has 1 aromatic rings. The van der Waals surface area contributed by atoms with Gasteiger partial charge in [0.2, 0.25) is 0 Å². The second kappa shape index (κ2) is 4.13. The Hall–Kier alpha value is -0.835. The zero-order valence-corrected chi connectivity index (χ0v) is 7.93. The Morgan fingerprint density at radius 1 is 1.14 bits per heavy atom. The summed E-state index contributed by atoms with van der Waals surface area (Å²) in [5.74, 6) is 0.133. The van der Waals surface area contributed by atoms with Crippen molar-refractivity contribution in [3.05, 3.63) is 35.9 Å². The van der Waals surface area contributed by atoms with Gasteiger partial charge in [0.05, 0.1) is 0 Å². The minimum absolute atomic E-state index is 0.0857. The van der Waals surface area contributed by atoms with Crippen LogP contribution in [0.4, 0.5) is 0 Å². The molecule has 0 saturated carbocycles. The lowest BCUT2D eigenvalue weighted by atomic mass is 9.65. The van der Waals surface area contributed by atoms with Crippen molar-refractivity contribution < 1.29 is 10.0 Å². The Labute approximate surface area is 83.9 Å². The second-order valence-electron chi connectivity index (χ2n) is 3.75.